The Hall–Kier alpha value is -1.28. The molecule has 104 valence electrons. The summed E-state index contributed by atoms with van der Waals surface area (Å²) in [7, 11) is -1.75. The van der Waals surface area contributed by atoms with Gasteiger partial charge in [-0.3, -0.25) is 4.55 Å². The highest BCUT2D eigenvalue weighted by atomic mass is 32.2. The molecule has 0 aliphatic carbocycles. The van der Waals surface area contributed by atoms with E-state index in [2.05, 4.69) is 36.1 Å². The van der Waals surface area contributed by atoms with Crippen LogP contribution in [0.4, 0.5) is 18.9 Å². The van der Waals surface area contributed by atoms with Crippen molar-refractivity contribution >= 4 is 15.8 Å². The molecule has 0 radical (unpaired) electrons. The maximum absolute atomic E-state index is 10.7. The highest BCUT2D eigenvalue weighted by molar-refractivity contribution is 7.86. The zero-order chi connectivity index (χ0) is 14.6. The van der Waals surface area contributed by atoms with Gasteiger partial charge in [-0.25, -0.2) is 0 Å². The van der Waals surface area contributed by atoms with Crippen LogP contribution in [0.3, 0.4) is 0 Å². The van der Waals surface area contributed by atoms with E-state index in [1.165, 1.54) is 11.3 Å². The average Bonchev–Trinajstić information content (AvgIpc) is 2.16. The molecule has 0 fully saturated rings. The summed E-state index contributed by atoms with van der Waals surface area (Å²) in [5, 5.41) is 0. The number of nitrogens with zero attached hydrogens (tertiary/aromatic N) is 1. The van der Waals surface area contributed by atoms with Gasteiger partial charge < -0.3 is 4.90 Å². The molecule has 0 bridgehead atoms. The van der Waals surface area contributed by atoms with Gasteiger partial charge in [-0.1, -0.05) is 17.7 Å². The number of alkyl halides is 3. The molecule has 0 amide bonds. The van der Waals surface area contributed by atoms with Gasteiger partial charge in [0.2, 0.25) is 0 Å². The minimum absolute atomic E-state index is 1.26. The maximum Gasteiger partial charge on any atom is 0.522 e. The average molecular weight is 285 g/mol. The van der Waals surface area contributed by atoms with Gasteiger partial charge in [0.15, 0.2) is 0 Å². The predicted molar refractivity (Wildman–Crippen MR) is 63.1 cm³/mol. The number of aryl methyl sites for hydroxylation is 1. The molecule has 1 aromatic carbocycles. The lowest BCUT2D eigenvalue weighted by atomic mass is 10.2. The molecule has 0 unspecified atom stereocenters. The minimum atomic E-state index is -5.84. The normalized spacial score (nSPS) is 11.5. The molecule has 18 heavy (non-hydrogen) atoms. The number of rotatable bonds is 1. The van der Waals surface area contributed by atoms with E-state index >= 15 is 0 Å². The van der Waals surface area contributed by atoms with Gasteiger partial charge >= 0.3 is 15.6 Å². The lowest BCUT2D eigenvalue weighted by Crippen LogP contribution is -2.21. The number of halogens is 3. The standard InChI is InChI=1S/C9H13N.CHF3O3S/c1-8-4-6-9(7-5-8)10(2)3;2-1(3,4)8(5,6)7/h4-7H,1-3H3;(H,5,6,7). The van der Waals surface area contributed by atoms with Crippen LogP contribution in [0.25, 0.3) is 0 Å². The Kier molecular flexibility index (Phi) is 5.62. The summed E-state index contributed by atoms with van der Waals surface area (Å²) in [5.41, 5.74) is -2.97. The molecule has 0 saturated carbocycles. The van der Waals surface area contributed by atoms with E-state index in [0.29, 0.717) is 0 Å². The number of benzene rings is 1. The van der Waals surface area contributed by atoms with Crippen molar-refractivity contribution in [3.8, 4) is 0 Å². The lowest BCUT2D eigenvalue weighted by Gasteiger charge is -2.11. The second-order valence-corrected chi connectivity index (χ2v) is 5.06. The van der Waals surface area contributed by atoms with Crippen molar-refractivity contribution in [2.45, 2.75) is 12.4 Å². The summed E-state index contributed by atoms with van der Waals surface area (Å²) in [4.78, 5) is 2.10. The van der Waals surface area contributed by atoms with Crippen LogP contribution in [0.1, 0.15) is 5.56 Å². The number of anilines is 1. The van der Waals surface area contributed by atoms with E-state index in [1.807, 2.05) is 14.1 Å². The SMILES string of the molecule is Cc1ccc(N(C)C)cc1.O=S(=O)(O)C(F)(F)F. The fourth-order valence-electron chi connectivity index (χ4n) is 0.843. The summed E-state index contributed by atoms with van der Waals surface area (Å²) in [6, 6.07) is 8.48. The second-order valence-electron chi connectivity index (χ2n) is 3.65. The molecule has 0 aliphatic rings. The first-order chi connectivity index (χ1) is 7.95. The molecule has 1 N–H and O–H groups in total. The van der Waals surface area contributed by atoms with Gasteiger partial charge in [0, 0.05) is 19.8 Å². The molecule has 4 nitrogen and oxygen atoms in total. The van der Waals surface area contributed by atoms with Crippen molar-refractivity contribution in [2.24, 2.45) is 0 Å². The Bertz CT molecular complexity index is 466. The van der Waals surface area contributed by atoms with E-state index in [9.17, 15) is 13.2 Å². The lowest BCUT2D eigenvalue weighted by molar-refractivity contribution is -0.0510. The molecule has 0 atom stereocenters. The molecule has 0 saturated heterocycles. The smallest absolute Gasteiger partial charge is 0.378 e. The molecule has 0 spiro atoms. The third-order valence-electron chi connectivity index (χ3n) is 1.84. The zero-order valence-electron chi connectivity index (χ0n) is 10.1. The van der Waals surface area contributed by atoms with E-state index in [-0.39, 0.29) is 0 Å². The topological polar surface area (TPSA) is 57.6 Å². The van der Waals surface area contributed by atoms with Gasteiger partial charge in [0.1, 0.15) is 0 Å². The van der Waals surface area contributed by atoms with Crippen molar-refractivity contribution in [3.63, 3.8) is 0 Å². The predicted octanol–water partition coefficient (Wildman–Crippen LogP) is 2.46. The first-order valence-corrected chi connectivity index (χ1v) is 6.17. The van der Waals surface area contributed by atoms with Gasteiger partial charge in [0.25, 0.3) is 0 Å². The van der Waals surface area contributed by atoms with Crippen molar-refractivity contribution in [1.29, 1.82) is 0 Å². The summed E-state index contributed by atoms with van der Waals surface area (Å²) in [6.07, 6.45) is 0. The fraction of sp³-hybridized carbons (Fsp3) is 0.400. The van der Waals surface area contributed by atoms with Crippen LogP contribution >= 0.6 is 0 Å². The van der Waals surface area contributed by atoms with Crippen LogP contribution in [0, 0.1) is 6.92 Å². The van der Waals surface area contributed by atoms with Gasteiger partial charge in [0.05, 0.1) is 0 Å². The van der Waals surface area contributed by atoms with Crippen molar-refractivity contribution in [2.75, 3.05) is 19.0 Å². The molecule has 0 aromatic heterocycles. The van der Waals surface area contributed by atoms with Crippen LogP contribution in [0.5, 0.6) is 0 Å². The molecular weight excluding hydrogens is 271 g/mol. The maximum atomic E-state index is 10.7. The van der Waals surface area contributed by atoms with Gasteiger partial charge in [-0.15, -0.1) is 0 Å². The van der Waals surface area contributed by atoms with Crippen LogP contribution in [-0.2, 0) is 10.1 Å². The fourth-order valence-corrected chi connectivity index (χ4v) is 0.843. The van der Waals surface area contributed by atoms with E-state index in [4.69, 9.17) is 13.0 Å². The second kappa shape index (κ2) is 6.05. The van der Waals surface area contributed by atoms with Gasteiger partial charge in [-0.2, -0.15) is 21.6 Å². The Balaban J connectivity index is 0.000000331. The molecule has 1 aromatic rings. The quantitative estimate of drug-likeness (QED) is 0.636. The molecular formula is C10H14F3NO3S. The van der Waals surface area contributed by atoms with E-state index < -0.39 is 15.6 Å². The largest absolute Gasteiger partial charge is 0.522 e. The molecule has 1 rings (SSSR count). The summed E-state index contributed by atoms with van der Waals surface area (Å²) in [5.74, 6) is 0. The van der Waals surface area contributed by atoms with Crippen LogP contribution in [0.15, 0.2) is 24.3 Å². The van der Waals surface area contributed by atoms with Crippen LogP contribution in [-0.4, -0.2) is 32.6 Å². The third-order valence-corrected chi connectivity index (χ3v) is 2.43. The third kappa shape index (κ3) is 5.87. The first-order valence-electron chi connectivity index (χ1n) is 4.73. The highest BCUT2D eigenvalue weighted by Gasteiger charge is 2.44. The monoisotopic (exact) mass is 285 g/mol. The Morgan fingerprint density at radius 3 is 1.67 bits per heavy atom. The van der Waals surface area contributed by atoms with Crippen molar-refractivity contribution in [1.82, 2.24) is 0 Å². The van der Waals surface area contributed by atoms with Crippen LogP contribution in [0.2, 0.25) is 0 Å². The van der Waals surface area contributed by atoms with Crippen molar-refractivity contribution in [3.05, 3.63) is 29.8 Å². The Morgan fingerprint density at radius 1 is 1.11 bits per heavy atom. The zero-order valence-corrected chi connectivity index (χ0v) is 10.9. The molecule has 8 heteroatoms. The van der Waals surface area contributed by atoms with E-state index in [1.54, 1.807) is 0 Å². The first kappa shape index (κ1) is 16.7. The Labute approximate surface area is 104 Å². The molecule has 0 aliphatic heterocycles. The number of hydrogen-bond acceptors (Lipinski definition) is 3. The summed E-state index contributed by atoms with van der Waals surface area (Å²) < 4.78 is 57.5. The van der Waals surface area contributed by atoms with Crippen molar-refractivity contribution < 1.29 is 26.1 Å². The molecule has 0 heterocycles. The Morgan fingerprint density at radius 2 is 1.44 bits per heavy atom. The summed E-state index contributed by atoms with van der Waals surface area (Å²) in [6.45, 7) is 2.10. The van der Waals surface area contributed by atoms with Gasteiger partial charge in [-0.05, 0) is 19.1 Å². The van der Waals surface area contributed by atoms with E-state index in [0.717, 1.165) is 0 Å². The summed E-state index contributed by atoms with van der Waals surface area (Å²) >= 11 is 0. The van der Waals surface area contributed by atoms with Crippen LogP contribution < -0.4 is 4.90 Å². The minimum Gasteiger partial charge on any atom is -0.378 e. The highest BCUT2D eigenvalue weighted by Crippen LogP contribution is 2.20. The number of hydrogen-bond donors (Lipinski definition) is 1.